The molecule has 0 N–H and O–H groups in total. The molecule has 1 aliphatic rings. The fourth-order valence-electron chi connectivity index (χ4n) is 2.23. The summed E-state index contributed by atoms with van der Waals surface area (Å²) in [5.41, 5.74) is 1.23. The number of cyclic esters (lactones) is 1. The highest BCUT2D eigenvalue weighted by molar-refractivity contribution is 5.85. The van der Waals surface area contributed by atoms with Crippen molar-refractivity contribution in [1.82, 2.24) is 0 Å². The number of carbonyl (C=O) groups is 1. The molecule has 92 valence electrons. The van der Waals surface area contributed by atoms with E-state index in [1.165, 1.54) is 50.5 Å². The van der Waals surface area contributed by atoms with Crippen LogP contribution >= 0.6 is 0 Å². The van der Waals surface area contributed by atoms with Crippen molar-refractivity contribution in [1.29, 1.82) is 0 Å². The second-order valence-corrected chi connectivity index (χ2v) is 4.66. The van der Waals surface area contributed by atoms with Gasteiger partial charge in [0.2, 0.25) is 0 Å². The Morgan fingerprint density at radius 1 is 1.19 bits per heavy atom. The van der Waals surface area contributed by atoms with E-state index in [1.54, 1.807) is 6.08 Å². The zero-order valence-electron chi connectivity index (χ0n) is 10.6. The van der Waals surface area contributed by atoms with Crippen LogP contribution in [0.4, 0.5) is 0 Å². The average molecular weight is 224 g/mol. The molecule has 0 amide bonds. The quantitative estimate of drug-likeness (QED) is 0.462. The summed E-state index contributed by atoms with van der Waals surface area (Å²) in [7, 11) is 0. The van der Waals surface area contributed by atoms with E-state index in [4.69, 9.17) is 4.74 Å². The fourth-order valence-corrected chi connectivity index (χ4v) is 2.23. The normalized spacial score (nSPS) is 17.1. The van der Waals surface area contributed by atoms with Crippen molar-refractivity contribution in [2.24, 2.45) is 5.92 Å². The molecule has 0 aliphatic carbocycles. The molecule has 1 unspecified atom stereocenters. The van der Waals surface area contributed by atoms with Crippen LogP contribution < -0.4 is 0 Å². The number of esters is 1. The average Bonchev–Trinajstić information content (AvgIpc) is 2.70. The molecule has 1 heterocycles. The Hall–Kier alpha value is -0.790. The van der Waals surface area contributed by atoms with E-state index in [-0.39, 0.29) is 5.97 Å². The van der Waals surface area contributed by atoms with Crippen LogP contribution in [-0.2, 0) is 9.53 Å². The number of carbonyl (C=O) groups excluding carboxylic acids is 1. The Bertz CT molecular complexity index is 243. The lowest BCUT2D eigenvalue weighted by Crippen LogP contribution is -2.06. The predicted octanol–water partition coefficient (Wildman–Crippen LogP) is 3.86. The molecule has 0 aromatic carbocycles. The Morgan fingerprint density at radius 2 is 1.88 bits per heavy atom. The minimum atomic E-state index is -0.146. The van der Waals surface area contributed by atoms with Crippen molar-refractivity contribution in [2.45, 2.75) is 58.8 Å². The lowest BCUT2D eigenvalue weighted by atomic mass is 9.89. The number of unbranched alkanes of at least 4 members (excludes halogenated alkanes) is 3. The van der Waals surface area contributed by atoms with Crippen molar-refractivity contribution in [3.05, 3.63) is 11.6 Å². The summed E-state index contributed by atoms with van der Waals surface area (Å²) in [6.07, 6.45) is 10.5. The molecular weight excluding hydrogens is 200 g/mol. The highest BCUT2D eigenvalue weighted by Crippen LogP contribution is 2.27. The zero-order valence-corrected chi connectivity index (χ0v) is 10.6. The molecule has 1 aliphatic heterocycles. The summed E-state index contributed by atoms with van der Waals surface area (Å²) in [5.74, 6) is 0.435. The van der Waals surface area contributed by atoms with Crippen molar-refractivity contribution in [3.8, 4) is 0 Å². The number of ether oxygens (including phenoxy) is 1. The third-order valence-corrected chi connectivity index (χ3v) is 3.27. The van der Waals surface area contributed by atoms with Crippen molar-refractivity contribution in [3.63, 3.8) is 0 Å². The summed E-state index contributed by atoms with van der Waals surface area (Å²) in [4.78, 5) is 11.1. The topological polar surface area (TPSA) is 26.3 Å². The maximum Gasteiger partial charge on any atom is 0.331 e. The molecule has 0 bridgehead atoms. The molecular formula is C14H24O2. The standard InChI is InChI=1S/C14H24O2/c1-3-5-7-9-12(8-6-4-2)13-10-14(15)16-11-13/h10,12H,3-9,11H2,1-2H3. The highest BCUT2D eigenvalue weighted by atomic mass is 16.5. The monoisotopic (exact) mass is 224 g/mol. The molecule has 0 radical (unpaired) electrons. The second kappa shape index (κ2) is 7.48. The Labute approximate surface area is 99.1 Å². The second-order valence-electron chi connectivity index (χ2n) is 4.66. The molecule has 2 heteroatoms. The third kappa shape index (κ3) is 4.38. The van der Waals surface area contributed by atoms with E-state index in [0.717, 1.165) is 0 Å². The maximum absolute atomic E-state index is 11.1. The van der Waals surface area contributed by atoms with Crippen LogP contribution in [0.25, 0.3) is 0 Å². The molecule has 16 heavy (non-hydrogen) atoms. The Morgan fingerprint density at radius 3 is 2.44 bits per heavy atom. The first-order chi connectivity index (χ1) is 7.77. The minimum absolute atomic E-state index is 0.146. The molecule has 1 rings (SSSR count). The van der Waals surface area contributed by atoms with Crippen LogP contribution in [0.15, 0.2) is 11.6 Å². The predicted molar refractivity (Wildman–Crippen MR) is 66.2 cm³/mol. The highest BCUT2D eigenvalue weighted by Gasteiger charge is 2.20. The van der Waals surface area contributed by atoms with E-state index in [2.05, 4.69) is 13.8 Å². The summed E-state index contributed by atoms with van der Waals surface area (Å²) < 4.78 is 5.00. The minimum Gasteiger partial charge on any atom is -0.458 e. The van der Waals surface area contributed by atoms with E-state index in [0.29, 0.717) is 12.5 Å². The van der Waals surface area contributed by atoms with Gasteiger partial charge in [-0.15, -0.1) is 0 Å². The van der Waals surface area contributed by atoms with Gasteiger partial charge in [0.1, 0.15) is 6.61 Å². The number of hydrogen-bond acceptors (Lipinski definition) is 2. The Kier molecular flexibility index (Phi) is 6.20. The van der Waals surface area contributed by atoms with Crippen LogP contribution in [0.2, 0.25) is 0 Å². The van der Waals surface area contributed by atoms with Gasteiger partial charge >= 0.3 is 5.97 Å². The molecule has 0 fully saturated rings. The van der Waals surface area contributed by atoms with E-state index in [1.807, 2.05) is 0 Å². The van der Waals surface area contributed by atoms with Gasteiger partial charge in [-0.3, -0.25) is 0 Å². The smallest absolute Gasteiger partial charge is 0.331 e. The van der Waals surface area contributed by atoms with Crippen LogP contribution in [0.3, 0.4) is 0 Å². The van der Waals surface area contributed by atoms with Gasteiger partial charge in [-0.25, -0.2) is 4.79 Å². The summed E-state index contributed by atoms with van der Waals surface area (Å²) in [5, 5.41) is 0. The number of rotatable bonds is 8. The maximum atomic E-state index is 11.1. The molecule has 1 atom stereocenters. The Balaban J connectivity index is 2.42. The van der Waals surface area contributed by atoms with Gasteiger partial charge in [0.05, 0.1) is 0 Å². The lowest BCUT2D eigenvalue weighted by Gasteiger charge is -2.16. The SMILES string of the molecule is CCCCCC(CCCC)C1=CC(=O)OC1. The van der Waals surface area contributed by atoms with Gasteiger partial charge in [0.25, 0.3) is 0 Å². The van der Waals surface area contributed by atoms with Gasteiger partial charge in [0, 0.05) is 6.08 Å². The van der Waals surface area contributed by atoms with Gasteiger partial charge in [0.15, 0.2) is 0 Å². The van der Waals surface area contributed by atoms with Gasteiger partial charge in [-0.05, 0) is 24.3 Å². The van der Waals surface area contributed by atoms with Crippen molar-refractivity contribution in [2.75, 3.05) is 6.61 Å². The molecule has 0 aromatic heterocycles. The zero-order chi connectivity index (χ0) is 11.8. The first-order valence-corrected chi connectivity index (χ1v) is 6.65. The van der Waals surface area contributed by atoms with Crippen LogP contribution in [0, 0.1) is 5.92 Å². The first-order valence-electron chi connectivity index (χ1n) is 6.65. The van der Waals surface area contributed by atoms with Crippen LogP contribution in [0.1, 0.15) is 58.8 Å². The fraction of sp³-hybridized carbons (Fsp3) is 0.786. The number of hydrogen-bond donors (Lipinski definition) is 0. The van der Waals surface area contributed by atoms with Gasteiger partial charge in [-0.1, -0.05) is 46.0 Å². The molecule has 0 saturated heterocycles. The first kappa shape index (κ1) is 13.3. The molecule has 0 aromatic rings. The summed E-state index contributed by atoms with van der Waals surface area (Å²) in [6.45, 7) is 4.98. The van der Waals surface area contributed by atoms with Crippen LogP contribution in [-0.4, -0.2) is 12.6 Å². The van der Waals surface area contributed by atoms with Gasteiger partial charge in [-0.2, -0.15) is 0 Å². The summed E-state index contributed by atoms with van der Waals surface area (Å²) >= 11 is 0. The van der Waals surface area contributed by atoms with E-state index in [9.17, 15) is 4.79 Å². The molecule has 2 nitrogen and oxygen atoms in total. The van der Waals surface area contributed by atoms with E-state index >= 15 is 0 Å². The van der Waals surface area contributed by atoms with Crippen molar-refractivity contribution >= 4 is 5.97 Å². The van der Waals surface area contributed by atoms with Crippen molar-refractivity contribution < 1.29 is 9.53 Å². The largest absolute Gasteiger partial charge is 0.458 e. The van der Waals surface area contributed by atoms with Gasteiger partial charge < -0.3 is 4.74 Å². The van der Waals surface area contributed by atoms with E-state index < -0.39 is 0 Å². The van der Waals surface area contributed by atoms with Crippen LogP contribution in [0.5, 0.6) is 0 Å². The molecule has 0 spiro atoms. The summed E-state index contributed by atoms with van der Waals surface area (Å²) in [6, 6.07) is 0. The third-order valence-electron chi connectivity index (χ3n) is 3.27. The molecule has 0 saturated carbocycles. The lowest BCUT2D eigenvalue weighted by molar-refractivity contribution is -0.134.